The zero-order valence-corrected chi connectivity index (χ0v) is 15.9. The van der Waals surface area contributed by atoms with Crippen LogP contribution in [0.3, 0.4) is 0 Å². The molecule has 3 aromatic carbocycles. The first-order valence-electron chi connectivity index (χ1n) is 9.76. The Kier molecular flexibility index (Phi) is 4.96. The molecule has 0 unspecified atom stereocenters. The second-order valence-electron chi connectivity index (χ2n) is 7.38. The number of nitrogens with zero attached hydrogens (tertiary/aromatic N) is 1. The van der Waals surface area contributed by atoms with Gasteiger partial charge in [-0.05, 0) is 58.4 Å². The van der Waals surface area contributed by atoms with E-state index in [9.17, 15) is 4.39 Å². The summed E-state index contributed by atoms with van der Waals surface area (Å²) in [4.78, 5) is 0. The molecule has 1 nitrogen and oxygen atoms in total. The Labute approximate surface area is 164 Å². The highest BCUT2D eigenvalue weighted by Crippen LogP contribution is 2.40. The summed E-state index contributed by atoms with van der Waals surface area (Å²) < 4.78 is 29.0. The van der Waals surface area contributed by atoms with E-state index in [1.807, 2.05) is 36.4 Å². The molecular formula is C25H21F2N. The van der Waals surface area contributed by atoms with Crippen molar-refractivity contribution >= 4 is 0 Å². The third-order valence-corrected chi connectivity index (χ3v) is 5.56. The molecule has 0 atom stereocenters. The minimum Gasteiger partial charge on any atom is -0.206 e. The first-order chi connectivity index (χ1) is 13.6. The number of aryl methyl sites for hydroxylation is 1. The van der Waals surface area contributed by atoms with Crippen molar-refractivity contribution in [2.24, 2.45) is 0 Å². The van der Waals surface area contributed by atoms with E-state index in [1.165, 1.54) is 12.1 Å². The van der Waals surface area contributed by atoms with Gasteiger partial charge in [-0.15, -0.1) is 0 Å². The average molecular weight is 373 g/mol. The van der Waals surface area contributed by atoms with Crippen molar-refractivity contribution in [2.45, 2.75) is 39.0 Å². The van der Waals surface area contributed by atoms with Crippen LogP contribution in [0.25, 0.3) is 22.3 Å². The minimum absolute atomic E-state index is 0.0370. The van der Waals surface area contributed by atoms with Crippen LogP contribution in [0.5, 0.6) is 0 Å². The first-order valence-corrected chi connectivity index (χ1v) is 9.76. The van der Waals surface area contributed by atoms with E-state index in [4.69, 9.17) is 5.26 Å². The molecule has 3 heteroatoms. The van der Waals surface area contributed by atoms with Gasteiger partial charge in [-0.2, -0.15) is 5.26 Å². The van der Waals surface area contributed by atoms with Crippen LogP contribution in [0, 0.1) is 23.0 Å². The van der Waals surface area contributed by atoms with Crippen molar-refractivity contribution in [3.8, 4) is 28.3 Å². The van der Waals surface area contributed by atoms with Crippen LogP contribution in [-0.2, 0) is 12.8 Å². The Bertz CT molecular complexity index is 1090. The van der Waals surface area contributed by atoms with Gasteiger partial charge in [-0.1, -0.05) is 56.2 Å². The van der Waals surface area contributed by atoms with Crippen molar-refractivity contribution in [3.63, 3.8) is 0 Å². The summed E-state index contributed by atoms with van der Waals surface area (Å²) in [7, 11) is 0. The highest BCUT2D eigenvalue weighted by Gasteiger charge is 2.23. The van der Waals surface area contributed by atoms with Crippen LogP contribution in [0.2, 0.25) is 0 Å². The Morgan fingerprint density at radius 2 is 1.68 bits per heavy atom. The number of hydrogen-bond donors (Lipinski definition) is 0. The second-order valence-corrected chi connectivity index (χ2v) is 7.38. The van der Waals surface area contributed by atoms with E-state index in [1.54, 1.807) is 6.07 Å². The third-order valence-electron chi connectivity index (χ3n) is 5.56. The molecule has 0 aliphatic heterocycles. The number of rotatable bonds is 5. The fourth-order valence-electron chi connectivity index (χ4n) is 4.01. The summed E-state index contributed by atoms with van der Waals surface area (Å²) in [6.07, 6.45) is 4.58. The smallest absolute Gasteiger partial charge is 0.141 e. The molecule has 0 saturated carbocycles. The van der Waals surface area contributed by atoms with Gasteiger partial charge in [-0.3, -0.25) is 0 Å². The van der Waals surface area contributed by atoms with E-state index in [0.29, 0.717) is 6.42 Å². The Morgan fingerprint density at radius 1 is 0.929 bits per heavy atom. The zero-order chi connectivity index (χ0) is 19.7. The SMILES string of the molecule is CCCCCc1ccc2c(c1F)Cc1cc(-c3ccc(C#N)c(F)c3)ccc1-2. The maximum absolute atomic E-state index is 15.0. The maximum Gasteiger partial charge on any atom is 0.141 e. The van der Waals surface area contributed by atoms with E-state index in [2.05, 4.69) is 6.92 Å². The second kappa shape index (κ2) is 7.56. The van der Waals surface area contributed by atoms with E-state index >= 15 is 4.39 Å². The molecule has 4 rings (SSSR count). The number of halogens is 2. The largest absolute Gasteiger partial charge is 0.206 e. The lowest BCUT2D eigenvalue weighted by Crippen LogP contribution is -1.96. The number of fused-ring (bicyclic) bond motifs is 3. The van der Waals surface area contributed by atoms with Crippen LogP contribution in [0.4, 0.5) is 8.78 Å². The fourth-order valence-corrected chi connectivity index (χ4v) is 4.01. The van der Waals surface area contributed by atoms with Crippen molar-refractivity contribution in [2.75, 3.05) is 0 Å². The van der Waals surface area contributed by atoms with Crippen LogP contribution >= 0.6 is 0 Å². The van der Waals surface area contributed by atoms with Gasteiger partial charge < -0.3 is 0 Å². The molecule has 28 heavy (non-hydrogen) atoms. The summed E-state index contributed by atoms with van der Waals surface area (Å²) in [5.41, 5.74) is 6.27. The molecule has 1 aliphatic rings. The molecule has 0 spiro atoms. The van der Waals surface area contributed by atoms with Crippen molar-refractivity contribution in [3.05, 3.63) is 82.4 Å². The number of benzene rings is 3. The Hall–Kier alpha value is -2.99. The molecule has 0 N–H and O–H groups in total. The molecule has 3 aromatic rings. The topological polar surface area (TPSA) is 23.8 Å². The molecule has 0 fully saturated rings. The van der Waals surface area contributed by atoms with E-state index < -0.39 is 5.82 Å². The van der Waals surface area contributed by atoms with Crippen LogP contribution in [0.1, 0.15) is 48.4 Å². The van der Waals surface area contributed by atoms with Crippen molar-refractivity contribution in [1.29, 1.82) is 5.26 Å². The van der Waals surface area contributed by atoms with Gasteiger partial charge in [0.15, 0.2) is 0 Å². The predicted octanol–water partition coefficient (Wildman–Crippen LogP) is 6.81. The molecule has 0 heterocycles. The van der Waals surface area contributed by atoms with Gasteiger partial charge in [0.2, 0.25) is 0 Å². The first kappa shape index (κ1) is 18.4. The normalized spacial score (nSPS) is 11.8. The minimum atomic E-state index is -0.522. The van der Waals surface area contributed by atoms with Crippen LogP contribution in [0.15, 0.2) is 48.5 Å². The van der Waals surface area contributed by atoms with Crippen LogP contribution in [-0.4, -0.2) is 0 Å². The van der Waals surface area contributed by atoms with Gasteiger partial charge >= 0.3 is 0 Å². The summed E-state index contributed by atoms with van der Waals surface area (Å²) in [5, 5.41) is 8.90. The van der Waals surface area contributed by atoms with Gasteiger partial charge in [0.05, 0.1) is 5.56 Å². The van der Waals surface area contributed by atoms with Gasteiger partial charge in [0, 0.05) is 12.0 Å². The molecule has 140 valence electrons. The van der Waals surface area contributed by atoms with Crippen molar-refractivity contribution in [1.82, 2.24) is 0 Å². The average Bonchev–Trinajstić information content (AvgIpc) is 3.08. The Balaban J connectivity index is 1.66. The maximum atomic E-state index is 15.0. The number of unbranched alkanes of at least 4 members (excludes halogenated alkanes) is 2. The predicted molar refractivity (Wildman–Crippen MR) is 108 cm³/mol. The molecule has 0 radical (unpaired) electrons. The van der Waals surface area contributed by atoms with E-state index in [-0.39, 0.29) is 11.4 Å². The number of nitriles is 1. The number of hydrogen-bond acceptors (Lipinski definition) is 1. The van der Waals surface area contributed by atoms with Gasteiger partial charge in [-0.25, -0.2) is 8.78 Å². The molecule has 1 aliphatic carbocycles. The molecule has 0 bridgehead atoms. The lowest BCUT2D eigenvalue weighted by atomic mass is 9.97. The van der Waals surface area contributed by atoms with Crippen LogP contribution < -0.4 is 0 Å². The highest BCUT2D eigenvalue weighted by molar-refractivity contribution is 5.80. The standard InChI is InChI=1S/C25H21F2N/c1-2-3-4-5-16-8-11-22-21-10-9-17(12-20(21)13-23(22)25(16)27)18-6-7-19(15-28)24(26)14-18/h6-12,14H,2-5,13H2,1H3. The summed E-state index contributed by atoms with van der Waals surface area (Å²) >= 11 is 0. The van der Waals surface area contributed by atoms with E-state index in [0.717, 1.165) is 64.6 Å². The third kappa shape index (κ3) is 3.20. The highest BCUT2D eigenvalue weighted by atomic mass is 19.1. The Morgan fingerprint density at radius 3 is 2.43 bits per heavy atom. The van der Waals surface area contributed by atoms with Gasteiger partial charge in [0.1, 0.15) is 17.7 Å². The fraction of sp³-hybridized carbons (Fsp3) is 0.240. The molecule has 0 amide bonds. The molecule has 0 aromatic heterocycles. The zero-order valence-electron chi connectivity index (χ0n) is 15.9. The molecule has 0 saturated heterocycles. The quantitative estimate of drug-likeness (QED) is 0.353. The monoisotopic (exact) mass is 373 g/mol. The summed E-state index contributed by atoms with van der Waals surface area (Å²) in [5.74, 6) is -0.595. The van der Waals surface area contributed by atoms with Gasteiger partial charge in [0.25, 0.3) is 0 Å². The van der Waals surface area contributed by atoms with Crippen molar-refractivity contribution < 1.29 is 8.78 Å². The summed E-state index contributed by atoms with van der Waals surface area (Å²) in [6.45, 7) is 2.15. The molecular weight excluding hydrogens is 352 g/mol. The lowest BCUT2D eigenvalue weighted by molar-refractivity contribution is 0.589. The summed E-state index contributed by atoms with van der Waals surface area (Å²) in [6, 6.07) is 16.3. The lowest BCUT2D eigenvalue weighted by Gasteiger charge is -2.08.